The molecule has 0 saturated heterocycles. The van der Waals surface area contributed by atoms with Crippen molar-refractivity contribution >= 4 is 0 Å². The number of hydrogen-bond acceptors (Lipinski definition) is 0. The van der Waals surface area contributed by atoms with Crippen LogP contribution >= 0.6 is 0 Å². The molecule has 0 aromatic rings. The lowest BCUT2D eigenvalue weighted by Crippen LogP contribution is -2.35. The first-order chi connectivity index (χ1) is 10.4. The Labute approximate surface area is 136 Å². The molecule has 3 atom stereocenters. The third-order valence-electron chi connectivity index (χ3n) is 6.73. The van der Waals surface area contributed by atoms with Crippen molar-refractivity contribution in [1.29, 1.82) is 0 Å². The minimum Gasteiger partial charge on any atom is -0.244 e. The summed E-state index contributed by atoms with van der Waals surface area (Å²) in [4.78, 5) is 0. The van der Waals surface area contributed by atoms with Gasteiger partial charge in [-0.1, -0.05) is 40.5 Å². The summed E-state index contributed by atoms with van der Waals surface area (Å²) in [7, 11) is 0. The first-order valence-electron chi connectivity index (χ1n) is 9.68. The smallest absolute Gasteiger partial charge is 0.134 e. The average molecular weight is 315 g/mol. The molecule has 22 heavy (non-hydrogen) atoms. The Morgan fingerprint density at radius 2 is 1.14 bits per heavy atom. The highest BCUT2D eigenvalue weighted by Crippen LogP contribution is 2.44. The standard InChI is InChI=1S/C20H36F2/c1-13(2)19(21)20(22)15(4)16-9-11-18(12-10-16)17-7-5-14(3)6-8-17/h13-20H,5-12H2,1-4H3. The summed E-state index contributed by atoms with van der Waals surface area (Å²) in [5.74, 6) is 2.75. The lowest BCUT2D eigenvalue weighted by molar-refractivity contribution is 0.0384. The van der Waals surface area contributed by atoms with Crippen molar-refractivity contribution in [3.63, 3.8) is 0 Å². The van der Waals surface area contributed by atoms with E-state index in [2.05, 4.69) is 6.92 Å². The minimum absolute atomic E-state index is 0.121. The van der Waals surface area contributed by atoms with Crippen LogP contribution in [-0.4, -0.2) is 12.3 Å². The molecule has 0 aromatic carbocycles. The second-order valence-electron chi connectivity index (χ2n) is 8.69. The van der Waals surface area contributed by atoms with Crippen molar-refractivity contribution in [1.82, 2.24) is 0 Å². The maximum atomic E-state index is 14.3. The van der Waals surface area contributed by atoms with Crippen LogP contribution < -0.4 is 0 Å². The summed E-state index contributed by atoms with van der Waals surface area (Å²) in [6, 6.07) is 0. The zero-order valence-corrected chi connectivity index (χ0v) is 15.0. The van der Waals surface area contributed by atoms with E-state index in [0.29, 0.717) is 5.92 Å². The summed E-state index contributed by atoms with van der Waals surface area (Å²) in [5, 5.41) is 0. The predicted octanol–water partition coefficient (Wildman–Crippen LogP) is 6.59. The Bertz CT molecular complexity index is 312. The third-order valence-corrected chi connectivity index (χ3v) is 6.73. The average Bonchev–Trinajstić information content (AvgIpc) is 2.53. The Morgan fingerprint density at radius 1 is 0.682 bits per heavy atom. The molecule has 0 aliphatic heterocycles. The normalized spacial score (nSPS) is 37.8. The van der Waals surface area contributed by atoms with E-state index < -0.39 is 12.3 Å². The van der Waals surface area contributed by atoms with Gasteiger partial charge < -0.3 is 0 Å². The van der Waals surface area contributed by atoms with Gasteiger partial charge in [0, 0.05) is 0 Å². The lowest BCUT2D eigenvalue weighted by atomic mass is 9.67. The van der Waals surface area contributed by atoms with E-state index in [1.54, 1.807) is 13.8 Å². The molecule has 0 aromatic heterocycles. The van der Waals surface area contributed by atoms with Crippen LogP contribution in [-0.2, 0) is 0 Å². The van der Waals surface area contributed by atoms with Crippen LogP contribution in [0.2, 0.25) is 0 Å². The van der Waals surface area contributed by atoms with E-state index in [0.717, 1.165) is 30.6 Å². The second-order valence-corrected chi connectivity index (χ2v) is 8.69. The van der Waals surface area contributed by atoms with Gasteiger partial charge in [-0.3, -0.25) is 0 Å². The molecule has 130 valence electrons. The van der Waals surface area contributed by atoms with Crippen molar-refractivity contribution in [2.45, 2.75) is 91.4 Å². The maximum absolute atomic E-state index is 14.3. The number of alkyl halides is 2. The van der Waals surface area contributed by atoms with E-state index in [1.165, 1.54) is 38.5 Å². The largest absolute Gasteiger partial charge is 0.244 e. The lowest BCUT2D eigenvalue weighted by Gasteiger charge is -2.39. The fourth-order valence-electron chi connectivity index (χ4n) is 4.82. The van der Waals surface area contributed by atoms with Crippen molar-refractivity contribution < 1.29 is 8.78 Å². The van der Waals surface area contributed by atoms with Crippen molar-refractivity contribution in [2.24, 2.45) is 35.5 Å². The fraction of sp³-hybridized carbons (Fsp3) is 1.00. The number of halogens is 2. The van der Waals surface area contributed by atoms with Gasteiger partial charge in [0.05, 0.1) is 0 Å². The van der Waals surface area contributed by atoms with E-state index in [1.807, 2.05) is 6.92 Å². The van der Waals surface area contributed by atoms with Gasteiger partial charge >= 0.3 is 0 Å². The Balaban J connectivity index is 1.79. The van der Waals surface area contributed by atoms with Gasteiger partial charge in [-0.2, -0.15) is 0 Å². The number of rotatable bonds is 5. The summed E-state index contributed by atoms with van der Waals surface area (Å²) in [6.45, 7) is 7.88. The van der Waals surface area contributed by atoms with Gasteiger partial charge in [0.15, 0.2) is 0 Å². The summed E-state index contributed by atoms with van der Waals surface area (Å²) < 4.78 is 28.3. The highest BCUT2D eigenvalue weighted by Gasteiger charge is 2.37. The molecule has 0 radical (unpaired) electrons. The molecule has 2 fully saturated rings. The monoisotopic (exact) mass is 314 g/mol. The van der Waals surface area contributed by atoms with Gasteiger partial charge in [0.25, 0.3) is 0 Å². The molecule has 2 aliphatic rings. The van der Waals surface area contributed by atoms with E-state index in [4.69, 9.17) is 0 Å². The van der Waals surface area contributed by atoms with Crippen molar-refractivity contribution in [3.05, 3.63) is 0 Å². The van der Waals surface area contributed by atoms with Gasteiger partial charge in [0.2, 0.25) is 0 Å². The molecule has 0 spiro atoms. The SMILES string of the molecule is CC1CCC(C2CCC(C(C)C(F)C(F)C(C)C)CC2)CC1. The molecule has 0 heterocycles. The summed E-state index contributed by atoms with van der Waals surface area (Å²) in [6.07, 6.45) is 7.74. The highest BCUT2D eigenvalue weighted by atomic mass is 19.2. The molecular weight excluding hydrogens is 278 g/mol. The van der Waals surface area contributed by atoms with Gasteiger partial charge in [-0.25, -0.2) is 8.78 Å². The number of hydrogen-bond donors (Lipinski definition) is 0. The molecule has 0 amide bonds. The Hall–Kier alpha value is -0.140. The van der Waals surface area contributed by atoms with Crippen LogP contribution in [0.5, 0.6) is 0 Å². The zero-order valence-electron chi connectivity index (χ0n) is 15.0. The van der Waals surface area contributed by atoms with Crippen LogP contribution in [0.4, 0.5) is 8.78 Å². The third kappa shape index (κ3) is 4.45. The van der Waals surface area contributed by atoms with E-state index >= 15 is 0 Å². The molecule has 3 unspecified atom stereocenters. The van der Waals surface area contributed by atoms with Gasteiger partial charge in [-0.15, -0.1) is 0 Å². The molecule has 0 N–H and O–H groups in total. The zero-order chi connectivity index (χ0) is 16.3. The summed E-state index contributed by atoms with van der Waals surface area (Å²) >= 11 is 0. The molecule has 0 nitrogen and oxygen atoms in total. The quantitative estimate of drug-likeness (QED) is 0.537. The highest BCUT2D eigenvalue weighted by molar-refractivity contribution is 4.86. The van der Waals surface area contributed by atoms with Crippen molar-refractivity contribution in [2.75, 3.05) is 0 Å². The van der Waals surface area contributed by atoms with Crippen molar-refractivity contribution in [3.8, 4) is 0 Å². The van der Waals surface area contributed by atoms with E-state index in [-0.39, 0.29) is 11.8 Å². The van der Waals surface area contributed by atoms with Crippen LogP contribution in [0.25, 0.3) is 0 Å². The Morgan fingerprint density at radius 3 is 1.59 bits per heavy atom. The first kappa shape index (κ1) is 18.2. The first-order valence-corrected chi connectivity index (χ1v) is 9.68. The molecule has 2 aliphatic carbocycles. The van der Waals surface area contributed by atoms with Crippen LogP contribution in [0, 0.1) is 35.5 Å². The second kappa shape index (κ2) is 8.11. The molecular formula is C20H36F2. The van der Waals surface area contributed by atoms with Crippen LogP contribution in [0.3, 0.4) is 0 Å². The molecule has 2 heteroatoms. The molecule has 0 bridgehead atoms. The van der Waals surface area contributed by atoms with Gasteiger partial charge in [-0.05, 0) is 74.0 Å². The Kier molecular flexibility index (Phi) is 6.71. The predicted molar refractivity (Wildman–Crippen MR) is 90.4 cm³/mol. The molecule has 2 saturated carbocycles. The minimum atomic E-state index is -1.30. The fourth-order valence-corrected chi connectivity index (χ4v) is 4.82. The topological polar surface area (TPSA) is 0 Å². The van der Waals surface area contributed by atoms with Gasteiger partial charge in [0.1, 0.15) is 12.3 Å². The maximum Gasteiger partial charge on any atom is 0.134 e. The van der Waals surface area contributed by atoms with Crippen LogP contribution in [0.1, 0.15) is 79.1 Å². The van der Waals surface area contributed by atoms with Crippen LogP contribution in [0.15, 0.2) is 0 Å². The van der Waals surface area contributed by atoms with E-state index in [9.17, 15) is 8.78 Å². The molecule has 2 rings (SSSR count). The summed E-state index contributed by atoms with van der Waals surface area (Å²) in [5.41, 5.74) is 0.